The lowest BCUT2D eigenvalue weighted by molar-refractivity contribution is 0.916. The molecule has 0 unspecified atom stereocenters. The SMILES string of the molecule is C=C(NC/C=C\C(=C/C)c1ccc(CC)cc1)Nc1ccccc1. The minimum absolute atomic E-state index is 0.725. The van der Waals surface area contributed by atoms with Crippen LogP contribution in [0.4, 0.5) is 5.69 Å². The van der Waals surface area contributed by atoms with Crippen molar-refractivity contribution in [1.82, 2.24) is 5.32 Å². The van der Waals surface area contributed by atoms with Crippen LogP contribution in [0, 0.1) is 0 Å². The predicted octanol–water partition coefficient (Wildman–Crippen LogP) is 5.38. The number of benzene rings is 2. The molecule has 0 atom stereocenters. The number of rotatable bonds is 8. The van der Waals surface area contributed by atoms with Crippen LogP contribution < -0.4 is 10.6 Å². The lowest BCUT2D eigenvalue weighted by Crippen LogP contribution is -2.18. The Morgan fingerprint density at radius 1 is 1.04 bits per heavy atom. The number of para-hydroxylation sites is 1. The van der Waals surface area contributed by atoms with E-state index in [1.807, 2.05) is 30.3 Å². The molecule has 0 aliphatic rings. The standard InChI is InChI=1S/C22H26N2/c1-4-19-13-15-21(16-14-19)20(5-2)10-9-17-23-18(3)24-22-11-7-6-8-12-22/h5-16,23-24H,3-4,17H2,1-2H3/b10-9-,20-5+. The van der Waals surface area contributed by atoms with Crippen molar-refractivity contribution in [2.75, 3.05) is 11.9 Å². The van der Waals surface area contributed by atoms with Gasteiger partial charge in [0.05, 0.1) is 5.82 Å². The van der Waals surface area contributed by atoms with Gasteiger partial charge in [0, 0.05) is 12.2 Å². The van der Waals surface area contributed by atoms with Crippen molar-refractivity contribution < 1.29 is 0 Å². The van der Waals surface area contributed by atoms with Crippen LogP contribution in [0.25, 0.3) is 5.57 Å². The van der Waals surface area contributed by atoms with Crippen LogP contribution in [0.2, 0.25) is 0 Å². The smallest absolute Gasteiger partial charge is 0.0959 e. The molecule has 124 valence electrons. The largest absolute Gasteiger partial charge is 0.369 e. The van der Waals surface area contributed by atoms with Gasteiger partial charge in [-0.1, -0.05) is 74.2 Å². The van der Waals surface area contributed by atoms with Crippen LogP contribution in [0.1, 0.15) is 25.0 Å². The van der Waals surface area contributed by atoms with Gasteiger partial charge in [-0.05, 0) is 42.2 Å². The molecule has 0 saturated carbocycles. The van der Waals surface area contributed by atoms with E-state index in [0.717, 1.165) is 24.5 Å². The predicted molar refractivity (Wildman–Crippen MR) is 106 cm³/mol. The molecule has 0 aromatic heterocycles. The summed E-state index contributed by atoms with van der Waals surface area (Å²) in [5.41, 5.74) is 4.86. The maximum Gasteiger partial charge on any atom is 0.0959 e. The molecule has 0 amide bonds. The molecule has 0 fully saturated rings. The number of allylic oxidation sites excluding steroid dienone is 3. The summed E-state index contributed by atoms with van der Waals surface area (Å²) >= 11 is 0. The normalized spacial score (nSPS) is 11.5. The maximum absolute atomic E-state index is 3.99. The lowest BCUT2D eigenvalue weighted by atomic mass is 10.0. The van der Waals surface area contributed by atoms with Gasteiger partial charge >= 0.3 is 0 Å². The highest BCUT2D eigenvalue weighted by Gasteiger charge is 1.97. The van der Waals surface area contributed by atoms with Crippen molar-refractivity contribution in [2.45, 2.75) is 20.3 Å². The Morgan fingerprint density at radius 2 is 1.75 bits per heavy atom. The Hall–Kier alpha value is -2.74. The van der Waals surface area contributed by atoms with Gasteiger partial charge < -0.3 is 10.6 Å². The van der Waals surface area contributed by atoms with E-state index in [-0.39, 0.29) is 0 Å². The van der Waals surface area contributed by atoms with Gasteiger partial charge in [0.15, 0.2) is 0 Å². The van der Waals surface area contributed by atoms with E-state index >= 15 is 0 Å². The van der Waals surface area contributed by atoms with Gasteiger partial charge in [0.25, 0.3) is 0 Å². The molecule has 0 heterocycles. The Morgan fingerprint density at radius 3 is 2.38 bits per heavy atom. The maximum atomic E-state index is 3.99. The molecule has 0 bridgehead atoms. The van der Waals surface area contributed by atoms with Gasteiger partial charge in [-0.2, -0.15) is 0 Å². The summed E-state index contributed by atoms with van der Waals surface area (Å²) in [6.45, 7) is 8.96. The van der Waals surface area contributed by atoms with Crippen LogP contribution in [0.15, 0.2) is 85.2 Å². The zero-order valence-electron chi connectivity index (χ0n) is 14.5. The Kier molecular flexibility index (Phi) is 6.91. The Balaban J connectivity index is 1.84. The monoisotopic (exact) mass is 318 g/mol. The number of hydrogen-bond acceptors (Lipinski definition) is 2. The molecular formula is C22H26N2. The van der Waals surface area contributed by atoms with Crippen molar-refractivity contribution in [3.8, 4) is 0 Å². The van der Waals surface area contributed by atoms with Crippen LogP contribution >= 0.6 is 0 Å². The first-order chi connectivity index (χ1) is 11.7. The van der Waals surface area contributed by atoms with Crippen LogP contribution in [0.3, 0.4) is 0 Å². The molecule has 2 aromatic rings. The second-order valence-electron chi connectivity index (χ2n) is 5.55. The molecule has 2 aromatic carbocycles. The first-order valence-electron chi connectivity index (χ1n) is 8.40. The van der Waals surface area contributed by atoms with Crippen LogP contribution in [0.5, 0.6) is 0 Å². The van der Waals surface area contributed by atoms with Crippen LogP contribution in [-0.2, 0) is 6.42 Å². The van der Waals surface area contributed by atoms with Gasteiger partial charge in [-0.3, -0.25) is 0 Å². The second-order valence-corrected chi connectivity index (χ2v) is 5.55. The summed E-state index contributed by atoms with van der Waals surface area (Å²) in [6.07, 6.45) is 7.46. The average molecular weight is 318 g/mol. The summed E-state index contributed by atoms with van der Waals surface area (Å²) in [6, 6.07) is 18.8. The molecule has 0 aliphatic carbocycles. The first-order valence-corrected chi connectivity index (χ1v) is 8.40. The second kappa shape index (κ2) is 9.41. The van der Waals surface area contributed by atoms with Crippen molar-refractivity contribution in [3.05, 3.63) is 96.4 Å². The number of nitrogens with one attached hydrogen (secondary N) is 2. The van der Waals surface area contributed by atoms with E-state index < -0.39 is 0 Å². The molecule has 0 radical (unpaired) electrons. The number of hydrogen-bond donors (Lipinski definition) is 2. The van der Waals surface area contributed by atoms with E-state index in [1.54, 1.807) is 0 Å². The van der Waals surface area contributed by atoms with Crippen molar-refractivity contribution in [1.29, 1.82) is 0 Å². The highest BCUT2D eigenvalue weighted by atomic mass is 15.1. The quantitative estimate of drug-likeness (QED) is 0.638. The average Bonchev–Trinajstić information content (AvgIpc) is 2.63. The Bertz CT molecular complexity index is 695. The molecular weight excluding hydrogens is 292 g/mol. The Labute approximate surface area is 145 Å². The summed E-state index contributed by atoms with van der Waals surface area (Å²) in [7, 11) is 0. The van der Waals surface area contributed by atoms with Gasteiger partial charge in [0.1, 0.15) is 0 Å². The van der Waals surface area contributed by atoms with Gasteiger partial charge in [-0.25, -0.2) is 0 Å². The van der Waals surface area contributed by atoms with E-state index in [0.29, 0.717) is 0 Å². The fourth-order valence-electron chi connectivity index (χ4n) is 2.40. The van der Waals surface area contributed by atoms with Gasteiger partial charge in [-0.15, -0.1) is 0 Å². The van der Waals surface area contributed by atoms with Crippen molar-refractivity contribution in [3.63, 3.8) is 0 Å². The molecule has 0 spiro atoms. The zero-order valence-corrected chi connectivity index (χ0v) is 14.5. The number of anilines is 1. The molecule has 2 rings (SSSR count). The molecule has 0 saturated heterocycles. The van der Waals surface area contributed by atoms with Crippen LogP contribution in [-0.4, -0.2) is 6.54 Å². The highest BCUT2D eigenvalue weighted by Crippen LogP contribution is 2.17. The summed E-state index contributed by atoms with van der Waals surface area (Å²) in [4.78, 5) is 0. The zero-order chi connectivity index (χ0) is 17.2. The van der Waals surface area contributed by atoms with Gasteiger partial charge in [0.2, 0.25) is 0 Å². The summed E-state index contributed by atoms with van der Waals surface area (Å²) < 4.78 is 0. The van der Waals surface area contributed by atoms with E-state index in [4.69, 9.17) is 0 Å². The van der Waals surface area contributed by atoms with E-state index in [9.17, 15) is 0 Å². The lowest BCUT2D eigenvalue weighted by Gasteiger charge is -2.10. The molecule has 0 aliphatic heterocycles. The molecule has 24 heavy (non-hydrogen) atoms. The third kappa shape index (κ3) is 5.47. The first kappa shape index (κ1) is 17.6. The minimum Gasteiger partial charge on any atom is -0.369 e. The topological polar surface area (TPSA) is 24.1 Å². The van der Waals surface area contributed by atoms with Crippen molar-refractivity contribution >= 4 is 11.3 Å². The molecule has 2 N–H and O–H groups in total. The number of aryl methyl sites for hydroxylation is 1. The third-order valence-electron chi connectivity index (χ3n) is 3.81. The fourth-order valence-corrected chi connectivity index (χ4v) is 2.40. The minimum atomic E-state index is 0.725. The molecule has 2 heteroatoms. The summed E-state index contributed by atoms with van der Waals surface area (Å²) in [5.74, 6) is 0.792. The molecule has 2 nitrogen and oxygen atoms in total. The fraction of sp³-hybridized carbons (Fsp3) is 0.182. The summed E-state index contributed by atoms with van der Waals surface area (Å²) in [5, 5.41) is 6.49. The van der Waals surface area contributed by atoms with Crippen molar-refractivity contribution in [2.24, 2.45) is 0 Å². The highest BCUT2D eigenvalue weighted by molar-refractivity contribution is 5.73. The van der Waals surface area contributed by atoms with E-state index in [1.165, 1.54) is 16.7 Å². The van der Waals surface area contributed by atoms with E-state index in [2.05, 4.69) is 73.6 Å². The third-order valence-corrected chi connectivity index (χ3v) is 3.81.